The van der Waals surface area contributed by atoms with Gasteiger partial charge in [-0.3, -0.25) is 9.59 Å². The van der Waals surface area contributed by atoms with Gasteiger partial charge in [0.15, 0.2) is 11.5 Å². The first-order valence-corrected chi connectivity index (χ1v) is 14.0. The van der Waals surface area contributed by atoms with Crippen LogP contribution in [0.5, 0.6) is 23.1 Å². The number of nitrogens with two attached hydrogens (primary N) is 1. The zero-order valence-corrected chi connectivity index (χ0v) is 24.5. The number of methoxy groups -OCH3 is 2. The van der Waals surface area contributed by atoms with Crippen molar-refractivity contribution in [2.24, 2.45) is 0 Å². The Balaban J connectivity index is 1.17. The molecule has 0 saturated carbocycles. The highest BCUT2D eigenvalue weighted by Gasteiger charge is 2.15. The lowest BCUT2D eigenvalue weighted by Gasteiger charge is -2.13. The molecule has 45 heavy (non-hydrogen) atoms. The average molecular weight is 600 g/mol. The van der Waals surface area contributed by atoms with Gasteiger partial charge >= 0.3 is 0 Å². The van der Waals surface area contributed by atoms with E-state index in [9.17, 15) is 9.59 Å². The van der Waals surface area contributed by atoms with E-state index in [-0.39, 0.29) is 18.4 Å². The number of nitrogens with zero attached hydrogens (tertiary/aromatic N) is 2. The summed E-state index contributed by atoms with van der Waals surface area (Å²) in [5.41, 5.74) is 9.36. The molecule has 0 aliphatic rings. The molecule has 0 bridgehead atoms. The van der Waals surface area contributed by atoms with Crippen molar-refractivity contribution in [2.45, 2.75) is 6.54 Å². The number of nitrogens with one attached hydrogen (secondary N) is 2. The number of carbonyl (C=O) groups is 2. The number of benzene rings is 5. The van der Waals surface area contributed by atoms with Gasteiger partial charge in [0.25, 0.3) is 11.8 Å². The Bertz CT molecular complexity index is 2060. The Hall–Kier alpha value is -6.16. The summed E-state index contributed by atoms with van der Waals surface area (Å²) in [6.07, 6.45) is 1.42. The molecule has 6 rings (SSSR count). The minimum atomic E-state index is -0.290. The van der Waals surface area contributed by atoms with Gasteiger partial charge in [0.05, 0.1) is 36.5 Å². The van der Waals surface area contributed by atoms with Crippen LogP contribution in [0.2, 0.25) is 0 Å². The summed E-state index contributed by atoms with van der Waals surface area (Å²) in [6.45, 7) is 0.236. The molecule has 6 aromatic rings. The van der Waals surface area contributed by atoms with E-state index < -0.39 is 0 Å². The molecule has 0 aliphatic carbocycles. The van der Waals surface area contributed by atoms with Crippen LogP contribution >= 0.6 is 0 Å². The van der Waals surface area contributed by atoms with E-state index in [1.54, 1.807) is 80.9 Å². The molecular formula is C35H29N5O5. The van der Waals surface area contributed by atoms with Gasteiger partial charge in [-0.05, 0) is 70.9 Å². The van der Waals surface area contributed by atoms with Crippen molar-refractivity contribution in [2.75, 3.05) is 25.3 Å². The van der Waals surface area contributed by atoms with E-state index >= 15 is 0 Å². The van der Waals surface area contributed by atoms with Gasteiger partial charge in [-0.15, -0.1) is 0 Å². The van der Waals surface area contributed by atoms with Crippen LogP contribution in [0.25, 0.3) is 21.7 Å². The third-order valence-corrected chi connectivity index (χ3v) is 7.27. The summed E-state index contributed by atoms with van der Waals surface area (Å²) < 4.78 is 17.0. The van der Waals surface area contributed by atoms with Crippen LogP contribution in [-0.4, -0.2) is 36.0 Å². The molecule has 1 aromatic heterocycles. The van der Waals surface area contributed by atoms with Crippen molar-refractivity contribution < 1.29 is 23.8 Å². The molecule has 5 aromatic carbocycles. The largest absolute Gasteiger partial charge is 0.493 e. The van der Waals surface area contributed by atoms with E-state index in [0.29, 0.717) is 56.5 Å². The van der Waals surface area contributed by atoms with Gasteiger partial charge in [-0.2, -0.15) is 0 Å². The number of anilines is 2. The molecule has 1 heterocycles. The molecular weight excluding hydrogens is 570 g/mol. The maximum Gasteiger partial charge on any atom is 0.255 e. The lowest BCUT2D eigenvalue weighted by Crippen LogP contribution is -2.23. The van der Waals surface area contributed by atoms with Gasteiger partial charge in [0.1, 0.15) is 12.1 Å². The highest BCUT2D eigenvalue weighted by molar-refractivity contribution is 6.07. The molecule has 224 valence electrons. The van der Waals surface area contributed by atoms with Crippen molar-refractivity contribution >= 4 is 44.9 Å². The van der Waals surface area contributed by atoms with E-state index in [2.05, 4.69) is 20.6 Å². The average Bonchev–Trinajstić information content (AvgIpc) is 3.07. The van der Waals surface area contributed by atoms with Gasteiger partial charge in [-0.1, -0.05) is 36.4 Å². The van der Waals surface area contributed by atoms with Crippen LogP contribution in [0.15, 0.2) is 103 Å². The number of rotatable bonds is 9. The molecule has 10 heteroatoms. The van der Waals surface area contributed by atoms with Crippen LogP contribution in [0.1, 0.15) is 26.3 Å². The van der Waals surface area contributed by atoms with Crippen molar-refractivity contribution in [1.29, 1.82) is 0 Å². The van der Waals surface area contributed by atoms with Crippen molar-refractivity contribution in [3.05, 3.63) is 120 Å². The summed E-state index contributed by atoms with van der Waals surface area (Å²) in [6, 6.07) is 28.6. The van der Waals surface area contributed by atoms with Crippen LogP contribution in [0.4, 0.5) is 11.4 Å². The van der Waals surface area contributed by atoms with Crippen molar-refractivity contribution in [3.63, 3.8) is 0 Å². The predicted molar refractivity (Wildman–Crippen MR) is 173 cm³/mol. The van der Waals surface area contributed by atoms with Crippen LogP contribution in [0, 0.1) is 0 Å². The second-order valence-electron chi connectivity index (χ2n) is 10.1. The first-order valence-electron chi connectivity index (χ1n) is 14.0. The normalized spacial score (nSPS) is 10.8. The lowest BCUT2D eigenvalue weighted by atomic mass is 10.0. The fourth-order valence-electron chi connectivity index (χ4n) is 4.98. The maximum atomic E-state index is 13.3. The van der Waals surface area contributed by atoms with Crippen LogP contribution in [-0.2, 0) is 6.54 Å². The fraction of sp³-hybridized carbons (Fsp3) is 0.0857. The quantitative estimate of drug-likeness (QED) is 0.163. The lowest BCUT2D eigenvalue weighted by molar-refractivity contribution is 0.0952. The van der Waals surface area contributed by atoms with Gasteiger partial charge in [0, 0.05) is 23.7 Å². The van der Waals surface area contributed by atoms with Crippen LogP contribution in [0.3, 0.4) is 0 Å². The fourth-order valence-corrected chi connectivity index (χ4v) is 4.98. The van der Waals surface area contributed by atoms with E-state index in [0.717, 1.165) is 16.3 Å². The Kier molecular flexibility index (Phi) is 8.10. The minimum Gasteiger partial charge on any atom is -0.493 e. The second-order valence-corrected chi connectivity index (χ2v) is 10.1. The molecule has 0 unspecified atom stereocenters. The third kappa shape index (κ3) is 6.16. The first kappa shape index (κ1) is 28.9. The topological polar surface area (TPSA) is 138 Å². The monoisotopic (exact) mass is 599 g/mol. The molecule has 0 aliphatic heterocycles. The van der Waals surface area contributed by atoms with Gasteiger partial charge in [0.2, 0.25) is 5.88 Å². The SMILES string of the molecule is COc1cc2ncnc(Oc3ccc4c(C(=O)NCc5cccc(C(=O)Nc6ccccc6N)c5)cccc4c3)c2cc1OC. The number of hydrogen-bond donors (Lipinski definition) is 3. The Morgan fingerprint density at radius 1 is 0.778 bits per heavy atom. The van der Waals surface area contributed by atoms with E-state index in [1.165, 1.54) is 6.33 Å². The molecule has 0 fully saturated rings. The third-order valence-electron chi connectivity index (χ3n) is 7.27. The Morgan fingerprint density at radius 2 is 1.58 bits per heavy atom. The number of carbonyl (C=O) groups excluding carboxylic acids is 2. The van der Waals surface area contributed by atoms with E-state index in [1.807, 2.05) is 30.3 Å². The summed E-state index contributed by atoms with van der Waals surface area (Å²) >= 11 is 0. The minimum absolute atomic E-state index is 0.236. The summed E-state index contributed by atoms with van der Waals surface area (Å²) in [4.78, 5) is 34.7. The standard InChI is InChI=1S/C35H29N5O5/c1-43-31-17-27-30(18-32(31)44-2)38-20-39-35(27)45-24-13-14-25-22(16-24)8-6-10-26(25)34(42)37-19-21-7-5-9-23(15-21)33(41)40-29-12-4-3-11-28(29)36/h3-18,20H,19,36H2,1-2H3,(H,37,42)(H,40,41). The molecule has 0 atom stereocenters. The zero-order chi connectivity index (χ0) is 31.3. The number of fused-ring (bicyclic) bond motifs is 2. The summed E-state index contributed by atoms with van der Waals surface area (Å²) in [7, 11) is 3.12. The molecule has 0 radical (unpaired) electrons. The van der Waals surface area contributed by atoms with E-state index in [4.69, 9.17) is 19.9 Å². The highest BCUT2D eigenvalue weighted by atomic mass is 16.5. The summed E-state index contributed by atoms with van der Waals surface area (Å²) in [5.74, 6) is 1.45. The molecule has 10 nitrogen and oxygen atoms in total. The molecule has 0 spiro atoms. The molecule has 0 saturated heterocycles. The molecule has 2 amide bonds. The Morgan fingerprint density at radius 3 is 2.40 bits per heavy atom. The predicted octanol–water partition coefficient (Wildman–Crippen LogP) is 6.36. The maximum absolute atomic E-state index is 13.3. The Labute approximate surface area is 258 Å². The second kappa shape index (κ2) is 12.6. The molecule has 4 N–H and O–H groups in total. The number of amides is 2. The number of hydrogen-bond acceptors (Lipinski definition) is 8. The highest BCUT2D eigenvalue weighted by Crippen LogP contribution is 2.36. The zero-order valence-electron chi connectivity index (χ0n) is 24.5. The number of aromatic nitrogens is 2. The smallest absolute Gasteiger partial charge is 0.255 e. The summed E-state index contributed by atoms with van der Waals surface area (Å²) in [5, 5.41) is 8.03. The first-order chi connectivity index (χ1) is 21.9. The van der Waals surface area contributed by atoms with Crippen molar-refractivity contribution in [3.8, 4) is 23.1 Å². The number of para-hydroxylation sites is 2. The van der Waals surface area contributed by atoms with Gasteiger partial charge < -0.3 is 30.6 Å². The number of ether oxygens (including phenoxy) is 3. The van der Waals surface area contributed by atoms with Crippen molar-refractivity contribution in [1.82, 2.24) is 15.3 Å². The van der Waals surface area contributed by atoms with Gasteiger partial charge in [-0.25, -0.2) is 9.97 Å². The number of nitrogen functional groups attached to an aromatic ring is 1. The van der Waals surface area contributed by atoms with Crippen LogP contribution < -0.4 is 30.6 Å².